The van der Waals surface area contributed by atoms with Crippen molar-refractivity contribution >= 4 is 11.6 Å². The van der Waals surface area contributed by atoms with Crippen LogP contribution in [0.4, 0.5) is 0 Å². The van der Waals surface area contributed by atoms with Gasteiger partial charge in [0.2, 0.25) is 0 Å². The molecule has 19 heavy (non-hydrogen) atoms. The van der Waals surface area contributed by atoms with E-state index in [2.05, 4.69) is 41.6 Å². The Kier molecular flexibility index (Phi) is 5.00. The highest BCUT2D eigenvalue weighted by Gasteiger charge is 2.13. The molecule has 1 atom stereocenters. The third-order valence-electron chi connectivity index (χ3n) is 3.33. The zero-order valence-corrected chi connectivity index (χ0v) is 12.2. The lowest BCUT2D eigenvalue weighted by atomic mass is 10.0. The van der Waals surface area contributed by atoms with Gasteiger partial charge in [0.1, 0.15) is 0 Å². The van der Waals surface area contributed by atoms with Gasteiger partial charge < -0.3 is 5.32 Å². The minimum absolute atomic E-state index is 0.358. The highest BCUT2D eigenvalue weighted by Crippen LogP contribution is 2.22. The molecule has 0 amide bonds. The number of nitrogens with zero attached hydrogens (tertiary/aromatic N) is 2. The second-order valence-electron chi connectivity index (χ2n) is 4.62. The van der Waals surface area contributed by atoms with Crippen molar-refractivity contribution in [1.29, 1.82) is 0 Å². The summed E-state index contributed by atoms with van der Waals surface area (Å²) < 4.78 is 1.86. The van der Waals surface area contributed by atoms with Gasteiger partial charge in [0.15, 0.2) is 0 Å². The molecule has 1 N–H and O–H groups in total. The standard InChI is InChI=1S/C15H20ClN3/c1-3-17-14(12-7-5-4-6-8-12)9-10-15-13(16)11-18-19(15)2/h4-8,11,14,17H,3,9-10H2,1-2H3. The molecule has 3 nitrogen and oxygen atoms in total. The van der Waals surface area contributed by atoms with Crippen LogP contribution >= 0.6 is 11.6 Å². The smallest absolute Gasteiger partial charge is 0.0817 e. The van der Waals surface area contributed by atoms with Gasteiger partial charge in [-0.05, 0) is 24.9 Å². The maximum atomic E-state index is 6.15. The van der Waals surface area contributed by atoms with E-state index in [-0.39, 0.29) is 0 Å². The fourth-order valence-corrected chi connectivity index (χ4v) is 2.58. The second kappa shape index (κ2) is 6.73. The lowest BCUT2D eigenvalue weighted by molar-refractivity contribution is 0.506. The van der Waals surface area contributed by atoms with Crippen LogP contribution < -0.4 is 5.32 Å². The van der Waals surface area contributed by atoms with Crippen LogP contribution in [0.25, 0.3) is 0 Å². The van der Waals surface area contributed by atoms with Crippen molar-refractivity contribution in [3.05, 3.63) is 52.8 Å². The Morgan fingerprint density at radius 2 is 2.05 bits per heavy atom. The number of nitrogens with one attached hydrogen (secondary N) is 1. The number of benzene rings is 1. The largest absolute Gasteiger partial charge is 0.310 e. The molecular weight excluding hydrogens is 258 g/mol. The van der Waals surface area contributed by atoms with Crippen LogP contribution in [-0.2, 0) is 13.5 Å². The van der Waals surface area contributed by atoms with Gasteiger partial charge in [0.05, 0.1) is 16.9 Å². The van der Waals surface area contributed by atoms with Crippen LogP contribution in [0.2, 0.25) is 5.02 Å². The normalized spacial score (nSPS) is 12.6. The van der Waals surface area contributed by atoms with Gasteiger partial charge in [-0.3, -0.25) is 4.68 Å². The molecule has 1 aromatic carbocycles. The van der Waals surface area contributed by atoms with E-state index in [0.29, 0.717) is 6.04 Å². The number of rotatable bonds is 6. The van der Waals surface area contributed by atoms with Gasteiger partial charge in [-0.1, -0.05) is 48.9 Å². The lowest BCUT2D eigenvalue weighted by Crippen LogP contribution is -2.21. The van der Waals surface area contributed by atoms with Crippen LogP contribution in [0.5, 0.6) is 0 Å². The lowest BCUT2D eigenvalue weighted by Gasteiger charge is -2.18. The summed E-state index contributed by atoms with van der Waals surface area (Å²) in [7, 11) is 1.94. The quantitative estimate of drug-likeness (QED) is 0.877. The summed E-state index contributed by atoms with van der Waals surface area (Å²) in [5, 5.41) is 8.46. The molecule has 0 spiro atoms. The van der Waals surface area contributed by atoms with Crippen LogP contribution in [0.15, 0.2) is 36.5 Å². The SMILES string of the molecule is CCNC(CCc1c(Cl)cnn1C)c1ccccc1. The van der Waals surface area contributed by atoms with Crippen LogP contribution in [0, 0.1) is 0 Å². The molecule has 0 aliphatic carbocycles. The van der Waals surface area contributed by atoms with Crippen molar-refractivity contribution in [1.82, 2.24) is 15.1 Å². The molecule has 0 saturated carbocycles. The predicted molar refractivity (Wildman–Crippen MR) is 79.4 cm³/mol. The van der Waals surface area contributed by atoms with Crippen molar-refractivity contribution in [2.24, 2.45) is 7.05 Å². The van der Waals surface area contributed by atoms with Gasteiger partial charge in [0.25, 0.3) is 0 Å². The molecular formula is C15H20ClN3. The fraction of sp³-hybridized carbons (Fsp3) is 0.400. The van der Waals surface area contributed by atoms with Crippen molar-refractivity contribution in [3.63, 3.8) is 0 Å². The molecule has 2 rings (SSSR count). The molecule has 0 bridgehead atoms. The van der Waals surface area contributed by atoms with Crippen molar-refractivity contribution < 1.29 is 0 Å². The minimum atomic E-state index is 0.358. The Labute approximate surface area is 119 Å². The fourth-order valence-electron chi connectivity index (χ4n) is 2.32. The molecule has 1 unspecified atom stereocenters. The van der Waals surface area contributed by atoms with Crippen LogP contribution in [-0.4, -0.2) is 16.3 Å². The first kappa shape index (κ1) is 14.1. The Morgan fingerprint density at radius 1 is 1.32 bits per heavy atom. The minimum Gasteiger partial charge on any atom is -0.310 e. The third-order valence-corrected chi connectivity index (χ3v) is 3.65. The van der Waals surface area contributed by atoms with E-state index in [0.717, 1.165) is 30.1 Å². The Balaban J connectivity index is 2.06. The number of hydrogen-bond acceptors (Lipinski definition) is 2. The van der Waals surface area contributed by atoms with E-state index in [1.54, 1.807) is 6.20 Å². The van der Waals surface area contributed by atoms with Crippen molar-refractivity contribution in [3.8, 4) is 0 Å². The highest BCUT2D eigenvalue weighted by molar-refractivity contribution is 6.31. The first-order valence-corrected chi connectivity index (χ1v) is 7.05. The molecule has 0 aliphatic heterocycles. The average Bonchev–Trinajstić information content (AvgIpc) is 2.75. The monoisotopic (exact) mass is 277 g/mol. The van der Waals surface area contributed by atoms with E-state index in [9.17, 15) is 0 Å². The Morgan fingerprint density at radius 3 is 2.63 bits per heavy atom. The van der Waals surface area contributed by atoms with E-state index in [1.165, 1.54) is 5.56 Å². The summed E-state index contributed by atoms with van der Waals surface area (Å²) in [5.74, 6) is 0. The molecule has 0 radical (unpaired) electrons. The van der Waals surface area contributed by atoms with Gasteiger partial charge in [0, 0.05) is 13.1 Å². The summed E-state index contributed by atoms with van der Waals surface area (Å²) >= 11 is 6.15. The van der Waals surface area contributed by atoms with E-state index < -0.39 is 0 Å². The molecule has 4 heteroatoms. The molecule has 102 valence electrons. The number of hydrogen-bond donors (Lipinski definition) is 1. The first-order chi connectivity index (χ1) is 9.22. The zero-order chi connectivity index (χ0) is 13.7. The van der Waals surface area contributed by atoms with E-state index in [4.69, 9.17) is 11.6 Å². The van der Waals surface area contributed by atoms with Gasteiger partial charge >= 0.3 is 0 Å². The van der Waals surface area contributed by atoms with Gasteiger partial charge in [-0.25, -0.2) is 0 Å². The van der Waals surface area contributed by atoms with Crippen LogP contribution in [0.1, 0.15) is 30.6 Å². The highest BCUT2D eigenvalue weighted by atomic mass is 35.5. The first-order valence-electron chi connectivity index (χ1n) is 6.67. The molecule has 1 aromatic heterocycles. The summed E-state index contributed by atoms with van der Waals surface area (Å²) in [6.07, 6.45) is 3.64. The Bertz CT molecular complexity index is 488. The average molecular weight is 278 g/mol. The number of aryl methyl sites for hydroxylation is 1. The summed E-state index contributed by atoms with van der Waals surface area (Å²) in [6, 6.07) is 10.9. The molecule has 0 saturated heterocycles. The predicted octanol–water partition coefficient (Wildman–Crippen LogP) is 3.36. The maximum absolute atomic E-state index is 6.15. The third kappa shape index (κ3) is 3.58. The van der Waals surface area contributed by atoms with Gasteiger partial charge in [-0.15, -0.1) is 0 Å². The molecule has 1 heterocycles. The molecule has 0 fully saturated rings. The van der Waals surface area contributed by atoms with Gasteiger partial charge in [-0.2, -0.15) is 5.10 Å². The molecule has 0 aliphatic rings. The van der Waals surface area contributed by atoms with Crippen LogP contribution in [0.3, 0.4) is 0 Å². The zero-order valence-electron chi connectivity index (χ0n) is 11.4. The maximum Gasteiger partial charge on any atom is 0.0817 e. The number of halogens is 1. The molecule has 2 aromatic rings. The van der Waals surface area contributed by atoms with Crippen molar-refractivity contribution in [2.45, 2.75) is 25.8 Å². The number of aromatic nitrogens is 2. The second-order valence-corrected chi connectivity index (χ2v) is 5.03. The summed E-state index contributed by atoms with van der Waals surface area (Å²) in [6.45, 7) is 3.09. The van der Waals surface area contributed by atoms with E-state index >= 15 is 0 Å². The Hall–Kier alpha value is -1.32. The topological polar surface area (TPSA) is 29.9 Å². The van der Waals surface area contributed by atoms with Crippen molar-refractivity contribution in [2.75, 3.05) is 6.54 Å². The summed E-state index contributed by atoms with van der Waals surface area (Å²) in [5.41, 5.74) is 2.42. The van der Waals surface area contributed by atoms with E-state index in [1.807, 2.05) is 17.8 Å². The summed E-state index contributed by atoms with van der Waals surface area (Å²) in [4.78, 5) is 0.